The van der Waals surface area contributed by atoms with Crippen LogP contribution in [0.15, 0.2) is 17.1 Å². The topological polar surface area (TPSA) is 88.8 Å². The number of carbonyl (C=O) groups excluding carboxylic acids is 1. The van der Waals surface area contributed by atoms with Crippen molar-refractivity contribution in [1.82, 2.24) is 9.47 Å². The molecule has 1 heterocycles. The Hall–Kier alpha value is -2.31. The second-order valence-corrected chi connectivity index (χ2v) is 4.21. The fourth-order valence-electron chi connectivity index (χ4n) is 1.67. The van der Waals surface area contributed by atoms with Gasteiger partial charge in [-0.15, -0.1) is 0 Å². The molecule has 0 aromatic carbocycles. The quantitative estimate of drug-likeness (QED) is 0.843. The number of ether oxygens (including phenoxy) is 1. The summed E-state index contributed by atoms with van der Waals surface area (Å²) in [5.41, 5.74) is -0.797. The number of methoxy groups -OCH3 is 1. The Kier molecular flexibility index (Phi) is 4.31. The molecule has 0 fully saturated rings. The van der Waals surface area contributed by atoms with E-state index >= 15 is 0 Å². The first kappa shape index (κ1) is 14.7. The number of pyridine rings is 1. The number of hydrogen-bond acceptors (Lipinski definition) is 4. The molecule has 1 amide bonds. The molecule has 1 aromatic rings. The molecular weight excluding hydrogens is 252 g/mol. The number of aromatic nitrogens is 1. The normalized spacial score (nSPS) is 11.8. The Morgan fingerprint density at radius 1 is 1.42 bits per heavy atom. The van der Waals surface area contributed by atoms with Crippen LogP contribution in [0.3, 0.4) is 0 Å². The van der Waals surface area contributed by atoms with E-state index in [0.29, 0.717) is 0 Å². The highest BCUT2D eigenvalue weighted by molar-refractivity contribution is 5.87. The Labute approximate surface area is 110 Å². The molecule has 1 N–H and O–H groups in total. The molecule has 7 nitrogen and oxygen atoms in total. The number of hydrogen-bond donors (Lipinski definition) is 1. The lowest BCUT2D eigenvalue weighted by Crippen LogP contribution is -2.32. The fourth-order valence-corrected chi connectivity index (χ4v) is 1.67. The van der Waals surface area contributed by atoms with Gasteiger partial charge in [0, 0.05) is 20.2 Å². The van der Waals surface area contributed by atoms with Crippen LogP contribution >= 0.6 is 0 Å². The minimum Gasteiger partial charge on any atom is -0.491 e. The van der Waals surface area contributed by atoms with E-state index in [2.05, 4.69) is 0 Å². The van der Waals surface area contributed by atoms with Gasteiger partial charge in [0.2, 0.25) is 11.3 Å². The highest BCUT2D eigenvalue weighted by Crippen LogP contribution is 2.15. The Morgan fingerprint density at radius 2 is 2.00 bits per heavy atom. The first-order valence-corrected chi connectivity index (χ1v) is 5.54. The standard InChI is InChI=1S/C12H16N2O5/c1-7(11(16)13(2)3)14-6-10(19-4)9(15)5-8(14)12(17)18/h5-7H,1-4H3,(H,17,18). The lowest BCUT2D eigenvalue weighted by Gasteiger charge is -2.21. The zero-order valence-electron chi connectivity index (χ0n) is 11.2. The van der Waals surface area contributed by atoms with E-state index in [1.54, 1.807) is 21.0 Å². The minimum absolute atomic E-state index is 0.0107. The van der Waals surface area contributed by atoms with Crippen LogP contribution in [0.5, 0.6) is 5.75 Å². The summed E-state index contributed by atoms with van der Waals surface area (Å²) in [6.45, 7) is 1.55. The van der Waals surface area contributed by atoms with Crippen LogP contribution in [-0.2, 0) is 4.79 Å². The third-order valence-corrected chi connectivity index (χ3v) is 2.70. The highest BCUT2D eigenvalue weighted by atomic mass is 16.5. The molecule has 0 saturated carbocycles. The molecule has 0 radical (unpaired) electrons. The van der Waals surface area contributed by atoms with Crippen molar-refractivity contribution >= 4 is 11.9 Å². The summed E-state index contributed by atoms with van der Waals surface area (Å²) in [7, 11) is 4.44. The van der Waals surface area contributed by atoms with E-state index in [4.69, 9.17) is 9.84 Å². The van der Waals surface area contributed by atoms with E-state index in [0.717, 1.165) is 6.07 Å². The van der Waals surface area contributed by atoms with Gasteiger partial charge in [-0.1, -0.05) is 0 Å². The number of rotatable bonds is 4. The number of likely N-dealkylation sites (N-methyl/N-ethyl adjacent to an activating group) is 1. The molecule has 0 aliphatic carbocycles. The third-order valence-electron chi connectivity index (χ3n) is 2.70. The van der Waals surface area contributed by atoms with E-state index in [1.807, 2.05) is 0 Å². The lowest BCUT2D eigenvalue weighted by molar-refractivity contribution is -0.131. The van der Waals surface area contributed by atoms with Crippen molar-refractivity contribution in [3.63, 3.8) is 0 Å². The molecule has 0 aliphatic rings. The van der Waals surface area contributed by atoms with Crippen LogP contribution < -0.4 is 10.2 Å². The number of carbonyl (C=O) groups is 2. The number of nitrogens with zero attached hydrogens (tertiary/aromatic N) is 2. The fraction of sp³-hybridized carbons (Fsp3) is 0.417. The maximum absolute atomic E-state index is 11.9. The van der Waals surface area contributed by atoms with Gasteiger partial charge < -0.3 is 19.3 Å². The monoisotopic (exact) mass is 268 g/mol. The van der Waals surface area contributed by atoms with Gasteiger partial charge in [0.1, 0.15) is 11.7 Å². The van der Waals surface area contributed by atoms with Gasteiger partial charge >= 0.3 is 5.97 Å². The summed E-state index contributed by atoms with van der Waals surface area (Å²) in [5.74, 6) is -1.57. The van der Waals surface area contributed by atoms with Crippen molar-refractivity contribution in [2.75, 3.05) is 21.2 Å². The van der Waals surface area contributed by atoms with Crippen molar-refractivity contribution in [2.24, 2.45) is 0 Å². The zero-order valence-corrected chi connectivity index (χ0v) is 11.2. The number of carboxylic acids is 1. The summed E-state index contributed by atoms with van der Waals surface area (Å²) in [6.07, 6.45) is 1.23. The maximum Gasteiger partial charge on any atom is 0.352 e. The molecule has 0 spiro atoms. The molecule has 104 valence electrons. The number of carboxylic acid groups (broad SMARTS) is 1. The van der Waals surface area contributed by atoms with E-state index < -0.39 is 17.4 Å². The second-order valence-electron chi connectivity index (χ2n) is 4.21. The van der Waals surface area contributed by atoms with Crippen LogP contribution in [-0.4, -0.2) is 47.7 Å². The summed E-state index contributed by atoms with van der Waals surface area (Å²) < 4.78 is 6.07. The molecule has 19 heavy (non-hydrogen) atoms. The molecule has 0 saturated heterocycles. The van der Waals surface area contributed by atoms with E-state index in [9.17, 15) is 14.4 Å². The van der Waals surface area contributed by atoms with Gasteiger partial charge in [-0.2, -0.15) is 0 Å². The predicted octanol–water partition coefficient (Wildman–Crippen LogP) is 0.204. The minimum atomic E-state index is -1.28. The lowest BCUT2D eigenvalue weighted by atomic mass is 10.2. The van der Waals surface area contributed by atoms with Crippen molar-refractivity contribution in [3.05, 3.63) is 28.2 Å². The Balaban J connectivity index is 3.43. The van der Waals surface area contributed by atoms with Crippen LogP contribution in [0.4, 0.5) is 0 Å². The summed E-state index contributed by atoms with van der Waals surface area (Å²) in [5, 5.41) is 9.10. The first-order chi connectivity index (χ1) is 8.79. The van der Waals surface area contributed by atoms with Crippen LogP contribution in [0.1, 0.15) is 23.5 Å². The van der Waals surface area contributed by atoms with Gasteiger partial charge in [-0.3, -0.25) is 9.59 Å². The predicted molar refractivity (Wildman–Crippen MR) is 67.6 cm³/mol. The van der Waals surface area contributed by atoms with Crippen LogP contribution in [0, 0.1) is 0 Å². The smallest absolute Gasteiger partial charge is 0.352 e. The summed E-state index contributed by atoms with van der Waals surface area (Å²) in [6, 6.07) is 0.191. The summed E-state index contributed by atoms with van der Waals surface area (Å²) >= 11 is 0. The number of amides is 1. The summed E-state index contributed by atoms with van der Waals surface area (Å²) in [4.78, 5) is 35.9. The van der Waals surface area contributed by atoms with E-state index in [1.165, 1.54) is 22.8 Å². The first-order valence-electron chi connectivity index (χ1n) is 5.54. The number of aromatic carboxylic acids is 1. The van der Waals surface area contributed by atoms with Crippen molar-refractivity contribution in [3.8, 4) is 5.75 Å². The molecule has 1 rings (SSSR count). The van der Waals surface area contributed by atoms with Gasteiger partial charge in [-0.25, -0.2) is 4.79 Å². The van der Waals surface area contributed by atoms with Gasteiger partial charge in [0.25, 0.3) is 0 Å². The second kappa shape index (κ2) is 5.55. The molecule has 1 atom stereocenters. The molecular formula is C12H16N2O5. The van der Waals surface area contributed by atoms with Crippen molar-refractivity contribution < 1.29 is 19.4 Å². The molecule has 7 heteroatoms. The molecule has 1 aromatic heterocycles. The SMILES string of the molecule is COc1cn(C(C)C(=O)N(C)C)c(C(=O)O)cc1=O. The largest absolute Gasteiger partial charge is 0.491 e. The van der Waals surface area contributed by atoms with Crippen molar-refractivity contribution in [2.45, 2.75) is 13.0 Å². The van der Waals surface area contributed by atoms with Crippen LogP contribution in [0.2, 0.25) is 0 Å². The Bertz CT molecular complexity index is 562. The third kappa shape index (κ3) is 2.93. The van der Waals surface area contributed by atoms with Gasteiger partial charge in [-0.05, 0) is 6.92 Å². The average molecular weight is 268 g/mol. The van der Waals surface area contributed by atoms with Crippen LogP contribution in [0.25, 0.3) is 0 Å². The molecule has 0 bridgehead atoms. The molecule has 0 aliphatic heterocycles. The van der Waals surface area contributed by atoms with Crippen molar-refractivity contribution in [1.29, 1.82) is 0 Å². The maximum atomic E-state index is 11.9. The van der Waals surface area contributed by atoms with Gasteiger partial charge in [0.15, 0.2) is 5.75 Å². The van der Waals surface area contributed by atoms with Gasteiger partial charge in [0.05, 0.1) is 13.3 Å². The highest BCUT2D eigenvalue weighted by Gasteiger charge is 2.22. The Morgan fingerprint density at radius 3 is 2.42 bits per heavy atom. The zero-order chi connectivity index (χ0) is 14.7. The van der Waals surface area contributed by atoms with E-state index in [-0.39, 0.29) is 17.4 Å². The average Bonchev–Trinajstić information content (AvgIpc) is 2.36. The molecule has 1 unspecified atom stereocenters.